The number of rotatable bonds is 4. The molecule has 0 bridgehead atoms. The lowest BCUT2D eigenvalue weighted by Gasteiger charge is -2.33. The van der Waals surface area contributed by atoms with Gasteiger partial charge < -0.3 is 16.0 Å². The van der Waals surface area contributed by atoms with Gasteiger partial charge in [-0.1, -0.05) is 13.3 Å². The summed E-state index contributed by atoms with van der Waals surface area (Å²) in [6.07, 6.45) is 5.63. The zero-order valence-corrected chi connectivity index (χ0v) is 11.5. The van der Waals surface area contributed by atoms with E-state index in [4.69, 9.17) is 5.73 Å². The molecule has 2 aliphatic rings. The molecule has 2 fully saturated rings. The second-order valence-electron chi connectivity index (χ2n) is 5.77. The standard InChI is InChI=1S/C14H27N3O/c1-2-17-8-4-6-12(10-17)16-14(18)13-7-3-5-11(13)9-15/h11-13H,2-10,15H2,1H3,(H,16,18)/t11-,12?,13-/m1/s1. The molecule has 1 saturated carbocycles. The van der Waals surface area contributed by atoms with Crippen LogP contribution in [-0.2, 0) is 4.79 Å². The summed E-state index contributed by atoms with van der Waals surface area (Å²) in [4.78, 5) is 14.7. The van der Waals surface area contributed by atoms with Crippen LogP contribution in [0, 0.1) is 11.8 Å². The molecule has 104 valence electrons. The number of nitrogens with two attached hydrogens (primary N) is 1. The third kappa shape index (κ3) is 3.23. The van der Waals surface area contributed by atoms with E-state index in [1.54, 1.807) is 0 Å². The molecule has 0 radical (unpaired) electrons. The highest BCUT2D eigenvalue weighted by atomic mass is 16.2. The van der Waals surface area contributed by atoms with Gasteiger partial charge >= 0.3 is 0 Å². The Morgan fingerprint density at radius 3 is 2.89 bits per heavy atom. The molecule has 0 aromatic heterocycles. The first-order valence-corrected chi connectivity index (χ1v) is 7.47. The third-order valence-electron chi connectivity index (χ3n) is 4.60. The molecule has 0 aromatic carbocycles. The number of nitrogens with zero attached hydrogens (tertiary/aromatic N) is 1. The Morgan fingerprint density at radius 1 is 1.33 bits per heavy atom. The molecule has 18 heavy (non-hydrogen) atoms. The van der Waals surface area contributed by atoms with Crippen molar-refractivity contribution >= 4 is 5.91 Å². The van der Waals surface area contributed by atoms with Gasteiger partial charge in [0.25, 0.3) is 0 Å². The van der Waals surface area contributed by atoms with E-state index < -0.39 is 0 Å². The predicted molar refractivity (Wildman–Crippen MR) is 73.2 cm³/mol. The predicted octanol–water partition coefficient (Wildman–Crippen LogP) is 0.962. The Labute approximate surface area is 110 Å². The lowest BCUT2D eigenvalue weighted by Crippen LogP contribution is -2.49. The topological polar surface area (TPSA) is 58.4 Å². The molecule has 2 rings (SSSR count). The zero-order chi connectivity index (χ0) is 13.0. The summed E-state index contributed by atoms with van der Waals surface area (Å²) in [5, 5.41) is 3.25. The average molecular weight is 253 g/mol. The number of hydrogen-bond acceptors (Lipinski definition) is 3. The van der Waals surface area contributed by atoms with Crippen LogP contribution < -0.4 is 11.1 Å². The van der Waals surface area contributed by atoms with Crippen molar-refractivity contribution in [3.8, 4) is 0 Å². The highest BCUT2D eigenvalue weighted by Gasteiger charge is 2.33. The van der Waals surface area contributed by atoms with Crippen molar-refractivity contribution in [2.24, 2.45) is 17.6 Å². The van der Waals surface area contributed by atoms with E-state index in [-0.39, 0.29) is 11.8 Å². The lowest BCUT2D eigenvalue weighted by atomic mass is 9.94. The van der Waals surface area contributed by atoms with Crippen LogP contribution in [0.15, 0.2) is 0 Å². The summed E-state index contributed by atoms with van der Waals surface area (Å²) in [6, 6.07) is 0.352. The summed E-state index contributed by atoms with van der Waals surface area (Å²) in [5.74, 6) is 0.841. The van der Waals surface area contributed by atoms with Crippen LogP contribution in [0.4, 0.5) is 0 Å². The zero-order valence-electron chi connectivity index (χ0n) is 11.5. The SMILES string of the molecule is CCN1CCCC(NC(=O)[C@@H]2CCC[C@@H]2CN)C1. The van der Waals surface area contributed by atoms with Crippen molar-refractivity contribution in [3.63, 3.8) is 0 Å². The molecule has 3 atom stereocenters. The molecule has 1 heterocycles. The first kappa shape index (κ1) is 13.8. The minimum atomic E-state index is 0.173. The average Bonchev–Trinajstić information content (AvgIpc) is 2.87. The van der Waals surface area contributed by atoms with Crippen LogP contribution in [0.5, 0.6) is 0 Å². The van der Waals surface area contributed by atoms with Gasteiger partial charge in [0.15, 0.2) is 0 Å². The molecule has 4 nitrogen and oxygen atoms in total. The van der Waals surface area contributed by atoms with E-state index in [0.29, 0.717) is 18.5 Å². The number of amides is 1. The van der Waals surface area contributed by atoms with E-state index >= 15 is 0 Å². The van der Waals surface area contributed by atoms with Crippen LogP contribution in [-0.4, -0.2) is 43.0 Å². The van der Waals surface area contributed by atoms with Crippen LogP contribution >= 0.6 is 0 Å². The van der Waals surface area contributed by atoms with Gasteiger partial charge in [-0.05, 0) is 51.2 Å². The molecule has 1 aliphatic carbocycles. The normalized spacial score (nSPS) is 33.6. The fraction of sp³-hybridized carbons (Fsp3) is 0.929. The number of piperidine rings is 1. The Balaban J connectivity index is 1.83. The minimum absolute atomic E-state index is 0.173. The minimum Gasteiger partial charge on any atom is -0.352 e. The van der Waals surface area contributed by atoms with E-state index in [0.717, 1.165) is 38.8 Å². The number of nitrogens with one attached hydrogen (secondary N) is 1. The van der Waals surface area contributed by atoms with Gasteiger partial charge in [0.2, 0.25) is 5.91 Å². The fourth-order valence-electron chi connectivity index (χ4n) is 3.43. The maximum absolute atomic E-state index is 12.3. The van der Waals surface area contributed by atoms with Gasteiger partial charge in [-0.2, -0.15) is 0 Å². The first-order chi connectivity index (χ1) is 8.74. The summed E-state index contributed by atoms with van der Waals surface area (Å²) in [6.45, 7) is 6.12. The van der Waals surface area contributed by atoms with E-state index in [1.807, 2.05) is 0 Å². The molecule has 1 saturated heterocycles. The highest BCUT2D eigenvalue weighted by molar-refractivity contribution is 5.79. The Morgan fingerprint density at radius 2 is 2.17 bits per heavy atom. The molecular weight excluding hydrogens is 226 g/mol. The Kier molecular flexibility index (Phi) is 5.01. The van der Waals surface area contributed by atoms with Gasteiger partial charge in [0.05, 0.1) is 0 Å². The van der Waals surface area contributed by atoms with Crippen molar-refractivity contribution in [3.05, 3.63) is 0 Å². The van der Waals surface area contributed by atoms with Crippen LogP contribution in [0.1, 0.15) is 39.0 Å². The molecule has 1 aliphatic heterocycles. The van der Waals surface area contributed by atoms with Gasteiger partial charge in [0.1, 0.15) is 0 Å². The summed E-state index contributed by atoms with van der Waals surface area (Å²) < 4.78 is 0. The molecule has 1 amide bonds. The third-order valence-corrected chi connectivity index (χ3v) is 4.60. The lowest BCUT2D eigenvalue weighted by molar-refractivity contribution is -0.127. The molecule has 3 N–H and O–H groups in total. The van der Waals surface area contributed by atoms with Crippen LogP contribution in [0.3, 0.4) is 0 Å². The van der Waals surface area contributed by atoms with Gasteiger partial charge in [-0.25, -0.2) is 0 Å². The summed E-state index contributed by atoms with van der Waals surface area (Å²) >= 11 is 0. The quantitative estimate of drug-likeness (QED) is 0.784. The number of carbonyl (C=O) groups is 1. The van der Waals surface area contributed by atoms with Crippen LogP contribution in [0.2, 0.25) is 0 Å². The Hall–Kier alpha value is -0.610. The maximum atomic E-state index is 12.3. The molecular formula is C14H27N3O. The molecule has 0 spiro atoms. The molecule has 0 aromatic rings. The van der Waals surface area contributed by atoms with Crippen molar-refractivity contribution in [2.45, 2.75) is 45.1 Å². The van der Waals surface area contributed by atoms with Crippen molar-refractivity contribution in [2.75, 3.05) is 26.2 Å². The molecule has 4 heteroatoms. The fourth-order valence-corrected chi connectivity index (χ4v) is 3.43. The van der Waals surface area contributed by atoms with E-state index in [1.165, 1.54) is 13.0 Å². The number of likely N-dealkylation sites (tertiary alicyclic amines) is 1. The number of carbonyl (C=O) groups excluding carboxylic acids is 1. The number of likely N-dealkylation sites (N-methyl/N-ethyl adjacent to an activating group) is 1. The van der Waals surface area contributed by atoms with E-state index in [9.17, 15) is 4.79 Å². The van der Waals surface area contributed by atoms with Crippen LogP contribution in [0.25, 0.3) is 0 Å². The first-order valence-electron chi connectivity index (χ1n) is 7.47. The maximum Gasteiger partial charge on any atom is 0.223 e. The summed E-state index contributed by atoms with van der Waals surface area (Å²) in [5.41, 5.74) is 5.75. The van der Waals surface area contributed by atoms with Gasteiger partial charge in [-0.15, -0.1) is 0 Å². The Bertz CT molecular complexity index is 282. The number of hydrogen-bond donors (Lipinski definition) is 2. The molecule has 1 unspecified atom stereocenters. The second kappa shape index (κ2) is 6.53. The monoisotopic (exact) mass is 253 g/mol. The van der Waals surface area contributed by atoms with Gasteiger partial charge in [-0.3, -0.25) is 4.79 Å². The van der Waals surface area contributed by atoms with Crippen molar-refractivity contribution in [1.29, 1.82) is 0 Å². The van der Waals surface area contributed by atoms with Gasteiger partial charge in [0, 0.05) is 18.5 Å². The van der Waals surface area contributed by atoms with Crippen molar-refractivity contribution in [1.82, 2.24) is 10.2 Å². The second-order valence-corrected chi connectivity index (χ2v) is 5.77. The smallest absolute Gasteiger partial charge is 0.223 e. The van der Waals surface area contributed by atoms with E-state index in [2.05, 4.69) is 17.1 Å². The summed E-state index contributed by atoms with van der Waals surface area (Å²) in [7, 11) is 0. The highest BCUT2D eigenvalue weighted by Crippen LogP contribution is 2.31. The van der Waals surface area contributed by atoms with Crippen molar-refractivity contribution < 1.29 is 4.79 Å². The largest absolute Gasteiger partial charge is 0.352 e.